The number of ketones is 1. The summed E-state index contributed by atoms with van der Waals surface area (Å²) < 4.78 is 56.6. The van der Waals surface area contributed by atoms with Crippen molar-refractivity contribution in [3.63, 3.8) is 0 Å². The molecule has 0 saturated carbocycles. The van der Waals surface area contributed by atoms with Crippen molar-refractivity contribution in [3.05, 3.63) is 94.9 Å². The Morgan fingerprint density at radius 3 is 2.45 bits per heavy atom. The Kier molecular flexibility index (Phi) is 11.6. The molecule has 4 aromatic rings. The van der Waals surface area contributed by atoms with Gasteiger partial charge in [-0.05, 0) is 58.0 Å². The molecule has 2 heterocycles. The molecule has 1 aliphatic heterocycles. The number of hydrogen-bond acceptors (Lipinski definition) is 7. The minimum Gasteiger partial charge on any atom is -0.462 e. The second-order valence-electron chi connectivity index (χ2n) is 12.5. The van der Waals surface area contributed by atoms with E-state index in [4.69, 9.17) is 20.9 Å². The van der Waals surface area contributed by atoms with Gasteiger partial charge in [0, 0.05) is 35.7 Å². The number of carbonyl (C=O) groups is 4. The van der Waals surface area contributed by atoms with Crippen LogP contribution in [0.1, 0.15) is 50.0 Å². The molecule has 1 aromatic heterocycles. The van der Waals surface area contributed by atoms with E-state index < -0.39 is 62.0 Å². The van der Waals surface area contributed by atoms with Crippen LogP contribution in [-0.2, 0) is 36.8 Å². The Labute approximate surface area is 298 Å². The number of alkyl halides is 1. The van der Waals surface area contributed by atoms with E-state index in [2.05, 4.69) is 10.4 Å². The summed E-state index contributed by atoms with van der Waals surface area (Å²) in [5.41, 5.74) is 0.729. The van der Waals surface area contributed by atoms with Crippen molar-refractivity contribution in [2.45, 2.75) is 71.6 Å². The Bertz CT molecular complexity index is 2010. The highest BCUT2D eigenvalue weighted by Gasteiger charge is 2.40. The number of likely N-dealkylation sites (tertiary alicyclic amines) is 1. The number of aromatic nitrogens is 1. The lowest BCUT2D eigenvalue weighted by molar-refractivity contribution is -0.149. The molecule has 11 nitrogen and oxygen atoms in total. The van der Waals surface area contributed by atoms with Crippen LogP contribution in [0, 0.1) is 5.82 Å². The number of amides is 2. The largest absolute Gasteiger partial charge is 0.462 e. The maximum absolute atomic E-state index is 14.7. The van der Waals surface area contributed by atoms with E-state index in [1.165, 1.54) is 54.9 Å². The van der Waals surface area contributed by atoms with Gasteiger partial charge >= 0.3 is 13.5 Å². The van der Waals surface area contributed by atoms with Crippen molar-refractivity contribution in [2.24, 2.45) is 0 Å². The van der Waals surface area contributed by atoms with Gasteiger partial charge in [-0.1, -0.05) is 48.0 Å². The van der Waals surface area contributed by atoms with Gasteiger partial charge in [0.25, 0.3) is 0 Å². The van der Waals surface area contributed by atoms with Crippen molar-refractivity contribution >= 4 is 58.9 Å². The number of ether oxygens (including phenoxy) is 1. The number of rotatable bonds is 13. The van der Waals surface area contributed by atoms with Gasteiger partial charge in [-0.3, -0.25) is 23.7 Å². The van der Waals surface area contributed by atoms with Crippen LogP contribution in [0.5, 0.6) is 5.75 Å². The molecule has 15 heteroatoms. The Balaban J connectivity index is 1.45. The van der Waals surface area contributed by atoms with Crippen LogP contribution >= 0.6 is 19.1 Å². The van der Waals surface area contributed by atoms with Gasteiger partial charge in [0.05, 0.1) is 28.5 Å². The lowest BCUT2D eigenvalue weighted by Crippen LogP contribution is -2.46. The van der Waals surface area contributed by atoms with E-state index in [1.807, 2.05) is 0 Å². The van der Waals surface area contributed by atoms with Crippen LogP contribution in [-0.4, -0.2) is 63.9 Å². The van der Waals surface area contributed by atoms with Gasteiger partial charge in [-0.2, -0.15) is 0 Å². The van der Waals surface area contributed by atoms with Gasteiger partial charge in [0.1, 0.15) is 36.4 Å². The molecule has 0 spiro atoms. The molecule has 1 fully saturated rings. The van der Waals surface area contributed by atoms with Crippen LogP contribution in [0.4, 0.5) is 8.78 Å². The van der Waals surface area contributed by atoms with Crippen LogP contribution < -0.4 is 20.2 Å². The lowest BCUT2D eigenvalue weighted by Gasteiger charge is -2.25. The summed E-state index contributed by atoms with van der Waals surface area (Å²) in [7, 11) is -4.09. The third kappa shape index (κ3) is 8.66. The zero-order valence-corrected chi connectivity index (χ0v) is 30.0. The first-order valence-electron chi connectivity index (χ1n) is 16.3. The van der Waals surface area contributed by atoms with Gasteiger partial charge < -0.3 is 24.0 Å². The second kappa shape index (κ2) is 15.8. The summed E-state index contributed by atoms with van der Waals surface area (Å²) >= 11 is 5.84. The second-order valence-corrected chi connectivity index (χ2v) is 15.0. The first-order valence-corrected chi connectivity index (χ1v) is 18.3. The zero-order chi connectivity index (χ0) is 37.0. The highest BCUT2D eigenvalue weighted by atomic mass is 35.5. The van der Waals surface area contributed by atoms with Gasteiger partial charge in [-0.25, -0.2) is 13.9 Å². The number of esters is 1. The molecule has 270 valence electrons. The fraction of sp³-hybridized carbons (Fsp3) is 0.333. The fourth-order valence-corrected chi connectivity index (χ4v) is 7.93. The predicted molar refractivity (Wildman–Crippen MR) is 188 cm³/mol. The molecule has 1 saturated heterocycles. The van der Waals surface area contributed by atoms with Gasteiger partial charge in [0.2, 0.25) is 11.8 Å². The molecule has 51 heavy (non-hydrogen) atoms. The molecule has 1 aliphatic rings. The van der Waals surface area contributed by atoms with Gasteiger partial charge in [0.15, 0.2) is 5.78 Å². The van der Waals surface area contributed by atoms with Crippen molar-refractivity contribution in [2.75, 3.05) is 6.54 Å². The molecule has 5 rings (SSSR count). The summed E-state index contributed by atoms with van der Waals surface area (Å²) in [4.78, 5) is 53.4. The number of benzene rings is 3. The molecule has 4 atom stereocenters. The minimum absolute atomic E-state index is 0.114. The standard InChI is InChI=1S/C36H38ClF2N4O7P/c1-21(2)49-36(47)22(3)41-51(48,50-26-10-6-5-7-11-26)27-13-14-28-29(23(4)44)19-42(31(28)16-27)20-33(45)43-18-25(38)15-32(43)35(46)40-17-24-9-8-12-30(37)34(24)39/h5-14,16,19,21-22,25,32H,15,17-18,20H2,1-4H3,(H,40,46)(H,41,48)/t22-,25+,32-,51?/m0/s1. The molecule has 0 bridgehead atoms. The van der Waals surface area contributed by atoms with Crippen LogP contribution in [0.15, 0.2) is 72.9 Å². The number of Topliss-reactive ketones (excluding diaryl/α,β-unsaturated/α-hetero) is 1. The highest BCUT2D eigenvalue weighted by molar-refractivity contribution is 7.65. The fourth-order valence-electron chi connectivity index (χ4n) is 5.83. The predicted octanol–water partition coefficient (Wildman–Crippen LogP) is 5.72. The summed E-state index contributed by atoms with van der Waals surface area (Å²) in [6, 6.07) is 15.0. The average Bonchev–Trinajstić information content (AvgIpc) is 3.65. The van der Waals surface area contributed by atoms with Crippen LogP contribution in [0.25, 0.3) is 10.9 Å². The van der Waals surface area contributed by atoms with E-state index in [-0.39, 0.29) is 52.5 Å². The number of carbonyl (C=O) groups excluding carboxylic acids is 4. The normalized spacial score (nSPS) is 17.6. The van der Waals surface area contributed by atoms with Crippen molar-refractivity contribution < 1.29 is 41.8 Å². The molecule has 2 N–H and O–H groups in total. The van der Waals surface area contributed by atoms with E-state index in [9.17, 15) is 32.5 Å². The topological polar surface area (TPSA) is 136 Å². The summed E-state index contributed by atoms with van der Waals surface area (Å²) in [6.07, 6.45) is -0.690. The SMILES string of the molecule is CC(=O)c1cn(CC(=O)N2C[C@H](F)C[C@H]2C(=O)NCc2cccc(Cl)c2F)c2cc(P(=O)(N[C@@H](C)C(=O)OC(C)C)Oc3ccccc3)ccc12. The van der Waals surface area contributed by atoms with E-state index in [1.54, 1.807) is 50.2 Å². The molecular formula is C36H38ClF2N4O7P. The number of hydrogen-bond donors (Lipinski definition) is 2. The summed E-state index contributed by atoms with van der Waals surface area (Å²) in [5, 5.41) is 5.83. The highest BCUT2D eigenvalue weighted by Crippen LogP contribution is 2.43. The first kappa shape index (κ1) is 37.7. The molecule has 1 unspecified atom stereocenters. The smallest absolute Gasteiger partial charge is 0.347 e. The Morgan fingerprint density at radius 1 is 1.04 bits per heavy atom. The number of fused-ring (bicyclic) bond motifs is 1. The molecule has 3 aromatic carbocycles. The average molecular weight is 743 g/mol. The summed E-state index contributed by atoms with van der Waals surface area (Å²) in [5.74, 6) is -2.67. The quantitative estimate of drug-likeness (QED) is 0.101. The molecular weight excluding hydrogens is 705 g/mol. The third-order valence-electron chi connectivity index (χ3n) is 8.29. The van der Waals surface area contributed by atoms with Crippen LogP contribution in [0.2, 0.25) is 5.02 Å². The lowest BCUT2D eigenvalue weighted by atomic mass is 10.1. The third-order valence-corrected chi connectivity index (χ3v) is 10.7. The van der Waals surface area contributed by atoms with E-state index >= 15 is 0 Å². The van der Waals surface area contributed by atoms with E-state index in [0.717, 1.165) is 4.90 Å². The number of nitrogens with one attached hydrogen (secondary N) is 2. The zero-order valence-electron chi connectivity index (χ0n) is 28.4. The number of para-hydroxylation sites is 1. The molecule has 2 amide bonds. The maximum atomic E-state index is 14.7. The van der Waals surface area contributed by atoms with Crippen LogP contribution in [0.3, 0.4) is 0 Å². The molecule has 0 aliphatic carbocycles. The summed E-state index contributed by atoms with van der Waals surface area (Å²) in [6.45, 7) is 5.26. The Hall–Kier alpha value is -4.58. The van der Waals surface area contributed by atoms with Crippen molar-refractivity contribution in [1.82, 2.24) is 19.9 Å². The Morgan fingerprint density at radius 2 is 1.76 bits per heavy atom. The van der Waals surface area contributed by atoms with Crippen molar-refractivity contribution in [3.8, 4) is 5.75 Å². The monoisotopic (exact) mass is 742 g/mol. The van der Waals surface area contributed by atoms with E-state index in [0.29, 0.717) is 10.9 Å². The van der Waals surface area contributed by atoms with Gasteiger partial charge in [-0.15, -0.1) is 0 Å². The number of nitrogens with zero attached hydrogens (tertiary/aromatic N) is 2. The first-order chi connectivity index (χ1) is 24.2. The molecule has 0 radical (unpaired) electrons. The maximum Gasteiger partial charge on any atom is 0.347 e. The van der Waals surface area contributed by atoms with Crippen molar-refractivity contribution in [1.29, 1.82) is 0 Å². The number of halogens is 3. The minimum atomic E-state index is -4.09.